The zero-order chi connectivity index (χ0) is 17.2. The van der Waals surface area contributed by atoms with Crippen molar-refractivity contribution >= 4 is 44.7 Å². The molecule has 2 rings (SSSR count). The lowest BCUT2D eigenvalue weighted by molar-refractivity contribution is -0.111. The van der Waals surface area contributed by atoms with Crippen molar-refractivity contribution in [3.8, 4) is 0 Å². The molecule has 1 aliphatic rings. The maximum Gasteiger partial charge on any atom is 0.282 e. The number of carbonyl (C=O) groups excluding carboxylic acids is 1. The molecule has 0 aliphatic heterocycles. The van der Waals surface area contributed by atoms with Gasteiger partial charge in [0.25, 0.3) is 10.0 Å². The SMILES string of the molecule is Cc1ccc(S(=O)(=O)N=C2C=C(N=[N+]=[N-])C(=O)C(Cl)=C2Cl)cc1. The Balaban J connectivity index is 2.58. The summed E-state index contributed by atoms with van der Waals surface area (Å²) in [6, 6.07) is 6.01. The largest absolute Gasteiger partial charge is 0.288 e. The van der Waals surface area contributed by atoms with E-state index in [1.165, 1.54) is 12.1 Å². The lowest BCUT2D eigenvalue weighted by Crippen LogP contribution is -2.15. The highest BCUT2D eigenvalue weighted by atomic mass is 35.5. The Hall–Kier alpha value is -2.12. The van der Waals surface area contributed by atoms with Crippen molar-refractivity contribution in [3.05, 3.63) is 62.1 Å². The molecule has 7 nitrogen and oxygen atoms in total. The van der Waals surface area contributed by atoms with Crippen LogP contribution in [0.15, 0.2) is 60.5 Å². The Kier molecular flexibility index (Phi) is 4.91. The first-order valence-electron chi connectivity index (χ1n) is 6.05. The maximum absolute atomic E-state index is 12.3. The molecular weight excluding hydrogens is 363 g/mol. The predicted octanol–water partition coefficient (Wildman–Crippen LogP) is 3.59. The summed E-state index contributed by atoms with van der Waals surface area (Å²) in [5, 5.41) is 2.36. The molecule has 0 aromatic heterocycles. The molecule has 0 unspecified atom stereocenters. The van der Waals surface area contributed by atoms with Gasteiger partial charge in [-0.1, -0.05) is 46.0 Å². The number of aryl methyl sites for hydroxylation is 1. The monoisotopic (exact) mass is 370 g/mol. The third kappa shape index (κ3) is 3.62. The van der Waals surface area contributed by atoms with Gasteiger partial charge in [0.05, 0.1) is 21.3 Å². The molecule has 1 aliphatic carbocycles. The topological polar surface area (TPSA) is 112 Å². The standard InChI is InChI=1S/C13H8Cl2N4O3S/c1-7-2-4-8(5-3-7)23(21,22)18-9-6-10(17-19-16)13(20)12(15)11(9)14/h2-6H,1H3. The summed E-state index contributed by atoms with van der Waals surface area (Å²) in [6.07, 6.45) is 0.974. The smallest absolute Gasteiger partial charge is 0.282 e. The number of benzene rings is 1. The summed E-state index contributed by atoms with van der Waals surface area (Å²) in [4.78, 5) is 14.2. The second-order valence-electron chi connectivity index (χ2n) is 4.44. The number of sulfonamides is 1. The van der Waals surface area contributed by atoms with E-state index in [1.807, 2.05) is 6.92 Å². The maximum atomic E-state index is 12.3. The number of Topliss-reactive ketones (excluding diaryl/α,β-unsaturated/α-hetero) is 1. The third-order valence-corrected chi connectivity index (χ3v) is 4.96. The lowest BCUT2D eigenvalue weighted by atomic mass is 10.1. The first-order chi connectivity index (χ1) is 10.8. The van der Waals surface area contributed by atoms with Gasteiger partial charge in [-0.05, 0) is 30.7 Å². The van der Waals surface area contributed by atoms with Crippen LogP contribution in [0.4, 0.5) is 0 Å². The number of azide groups is 1. The molecule has 0 saturated carbocycles. The first kappa shape index (κ1) is 17.2. The minimum Gasteiger partial charge on any atom is -0.288 e. The number of hydrogen-bond donors (Lipinski definition) is 0. The van der Waals surface area contributed by atoms with Crippen LogP contribution in [0.25, 0.3) is 10.4 Å². The van der Waals surface area contributed by atoms with E-state index in [0.717, 1.165) is 11.6 Å². The van der Waals surface area contributed by atoms with E-state index in [9.17, 15) is 13.2 Å². The van der Waals surface area contributed by atoms with Crippen LogP contribution in [0.5, 0.6) is 0 Å². The normalized spacial score (nSPS) is 17.1. The van der Waals surface area contributed by atoms with Gasteiger partial charge in [-0.15, -0.1) is 0 Å². The second-order valence-corrected chi connectivity index (χ2v) is 6.80. The second kappa shape index (κ2) is 6.55. The van der Waals surface area contributed by atoms with Gasteiger partial charge in [-0.3, -0.25) is 4.79 Å². The summed E-state index contributed by atoms with van der Waals surface area (Å²) in [6.45, 7) is 1.81. The fourth-order valence-corrected chi connectivity index (χ4v) is 3.08. The van der Waals surface area contributed by atoms with Gasteiger partial charge in [0.1, 0.15) is 5.03 Å². The molecule has 0 atom stereocenters. The van der Waals surface area contributed by atoms with E-state index in [-0.39, 0.29) is 21.3 Å². The predicted molar refractivity (Wildman–Crippen MR) is 86.8 cm³/mol. The fourth-order valence-electron chi connectivity index (χ4n) is 1.66. The minimum atomic E-state index is -4.07. The number of rotatable bonds is 3. The summed E-state index contributed by atoms with van der Waals surface area (Å²) >= 11 is 11.6. The van der Waals surface area contributed by atoms with Crippen LogP contribution in [0.3, 0.4) is 0 Å². The van der Waals surface area contributed by atoms with Crippen LogP contribution in [0, 0.1) is 6.92 Å². The van der Waals surface area contributed by atoms with Gasteiger partial charge in [-0.2, -0.15) is 12.8 Å². The number of nitrogens with zero attached hydrogens (tertiary/aromatic N) is 4. The zero-order valence-electron chi connectivity index (χ0n) is 11.6. The highest BCUT2D eigenvalue weighted by Gasteiger charge is 2.26. The average Bonchev–Trinajstić information content (AvgIpc) is 2.50. The summed E-state index contributed by atoms with van der Waals surface area (Å²) < 4.78 is 28.1. The van der Waals surface area contributed by atoms with E-state index in [4.69, 9.17) is 28.7 Å². The van der Waals surface area contributed by atoms with Crippen molar-refractivity contribution in [1.82, 2.24) is 0 Å². The van der Waals surface area contributed by atoms with E-state index in [0.29, 0.717) is 0 Å². The number of halogens is 2. The van der Waals surface area contributed by atoms with Crippen molar-refractivity contribution in [2.24, 2.45) is 9.51 Å². The lowest BCUT2D eigenvalue weighted by Gasteiger charge is -2.11. The van der Waals surface area contributed by atoms with Gasteiger partial charge < -0.3 is 0 Å². The van der Waals surface area contributed by atoms with Gasteiger partial charge in [0, 0.05) is 4.91 Å². The third-order valence-electron chi connectivity index (χ3n) is 2.81. The van der Waals surface area contributed by atoms with Crippen LogP contribution in [0.1, 0.15) is 5.56 Å². The van der Waals surface area contributed by atoms with Crippen molar-refractivity contribution in [2.75, 3.05) is 0 Å². The number of carbonyl (C=O) groups is 1. The van der Waals surface area contributed by atoms with E-state index in [2.05, 4.69) is 14.4 Å². The number of hydrogen-bond acceptors (Lipinski definition) is 4. The van der Waals surface area contributed by atoms with Crippen LogP contribution in [-0.2, 0) is 14.8 Å². The Morgan fingerprint density at radius 1 is 1.13 bits per heavy atom. The van der Waals surface area contributed by atoms with Crippen molar-refractivity contribution in [2.45, 2.75) is 11.8 Å². The average molecular weight is 371 g/mol. The number of ketones is 1. The van der Waals surface area contributed by atoms with Crippen molar-refractivity contribution in [1.29, 1.82) is 0 Å². The summed E-state index contributed by atoms with van der Waals surface area (Å²) in [5.74, 6) is -0.804. The molecule has 0 spiro atoms. The van der Waals surface area contributed by atoms with Crippen LogP contribution in [0.2, 0.25) is 0 Å². The molecule has 0 radical (unpaired) electrons. The van der Waals surface area contributed by atoms with Crippen LogP contribution < -0.4 is 0 Å². The van der Waals surface area contributed by atoms with Gasteiger partial charge >= 0.3 is 0 Å². The van der Waals surface area contributed by atoms with Gasteiger partial charge in [0.2, 0.25) is 5.78 Å². The van der Waals surface area contributed by atoms with Crippen LogP contribution in [-0.4, -0.2) is 19.9 Å². The molecule has 0 saturated heterocycles. The molecule has 1 aromatic rings. The molecule has 1 aromatic carbocycles. The van der Waals surface area contributed by atoms with E-state index in [1.54, 1.807) is 12.1 Å². The first-order valence-corrected chi connectivity index (χ1v) is 8.24. The van der Waals surface area contributed by atoms with Crippen molar-refractivity contribution in [3.63, 3.8) is 0 Å². The summed E-state index contributed by atoms with van der Waals surface area (Å²) in [5.41, 5.74) is 8.64. The Morgan fingerprint density at radius 2 is 1.74 bits per heavy atom. The fraction of sp³-hybridized carbons (Fsp3) is 0.0769. The van der Waals surface area contributed by atoms with E-state index < -0.39 is 20.8 Å². The Morgan fingerprint density at radius 3 is 2.30 bits per heavy atom. The molecule has 10 heteroatoms. The molecular formula is C13H8Cl2N4O3S. The van der Waals surface area contributed by atoms with Gasteiger partial charge in [-0.25, -0.2) is 0 Å². The zero-order valence-corrected chi connectivity index (χ0v) is 13.9. The molecule has 0 heterocycles. The minimum absolute atomic E-state index is 0.0492. The highest BCUT2D eigenvalue weighted by Crippen LogP contribution is 2.28. The van der Waals surface area contributed by atoms with E-state index >= 15 is 0 Å². The number of allylic oxidation sites excluding steroid dienone is 3. The van der Waals surface area contributed by atoms with Gasteiger partial charge in [0.15, 0.2) is 0 Å². The highest BCUT2D eigenvalue weighted by molar-refractivity contribution is 7.90. The van der Waals surface area contributed by atoms with Crippen molar-refractivity contribution < 1.29 is 13.2 Å². The Bertz CT molecular complexity index is 924. The Labute approximate surface area is 141 Å². The molecule has 23 heavy (non-hydrogen) atoms. The molecule has 0 amide bonds. The summed E-state index contributed by atoms with van der Waals surface area (Å²) in [7, 11) is -4.07. The molecule has 118 valence electrons. The molecule has 0 N–H and O–H groups in total. The van der Waals surface area contributed by atoms with Crippen LogP contribution >= 0.6 is 23.2 Å². The molecule has 0 bridgehead atoms. The quantitative estimate of drug-likeness (QED) is 0.350. The molecule has 0 fully saturated rings.